The second-order valence-corrected chi connectivity index (χ2v) is 14.6. The summed E-state index contributed by atoms with van der Waals surface area (Å²) in [5, 5.41) is 10.5. The molecule has 11 atom stereocenters. The third-order valence-electron chi connectivity index (χ3n) is 12.7. The summed E-state index contributed by atoms with van der Waals surface area (Å²) in [7, 11) is 0. The predicted octanol–water partition coefficient (Wildman–Crippen LogP) is 3.63. The molecule has 4 saturated heterocycles. The van der Waals surface area contributed by atoms with E-state index in [1.807, 2.05) is 6.92 Å². The number of Topliss-reactive ketones (excluding diaryl/α,β-unsaturated/α-hetero) is 1. The summed E-state index contributed by atoms with van der Waals surface area (Å²) in [6, 6.07) is 0. The number of ketones is 2. The number of aliphatic hydroxyl groups excluding tert-OH is 1. The van der Waals surface area contributed by atoms with Gasteiger partial charge in [0.2, 0.25) is 0 Å². The Balaban J connectivity index is 1.46. The van der Waals surface area contributed by atoms with Crippen LogP contribution in [0.4, 0.5) is 0 Å². The molecule has 37 heavy (non-hydrogen) atoms. The van der Waals surface area contributed by atoms with Crippen molar-refractivity contribution in [3.63, 3.8) is 0 Å². The van der Waals surface area contributed by atoms with Crippen LogP contribution in [0.25, 0.3) is 0 Å². The monoisotopic (exact) mass is 511 g/mol. The molecule has 1 N–H and O–H groups in total. The van der Waals surface area contributed by atoms with Gasteiger partial charge in [-0.3, -0.25) is 14.4 Å². The van der Waals surface area contributed by atoms with Gasteiger partial charge in [0.15, 0.2) is 11.5 Å². The van der Waals surface area contributed by atoms with Crippen LogP contribution in [0.5, 0.6) is 0 Å². The highest BCUT2D eigenvalue weighted by Crippen LogP contribution is 2.78. The van der Waals surface area contributed by atoms with Crippen molar-refractivity contribution >= 4 is 17.5 Å². The van der Waals surface area contributed by atoms with Gasteiger partial charge in [-0.15, -0.1) is 0 Å². The maximum Gasteiger partial charge on any atom is 0.308 e. The highest BCUT2D eigenvalue weighted by molar-refractivity contribution is 6.00. The molecule has 4 heterocycles. The second kappa shape index (κ2) is 7.14. The van der Waals surface area contributed by atoms with E-state index in [2.05, 4.69) is 32.6 Å². The van der Waals surface area contributed by atoms with Gasteiger partial charge in [-0.05, 0) is 67.8 Å². The molecule has 1 spiro atoms. The molecule has 0 aromatic carbocycles. The Morgan fingerprint density at radius 2 is 1.92 bits per heavy atom. The zero-order valence-corrected chi connectivity index (χ0v) is 22.8. The minimum atomic E-state index is -0.881. The summed E-state index contributed by atoms with van der Waals surface area (Å²) in [6.07, 6.45) is 6.88. The number of esters is 1. The van der Waals surface area contributed by atoms with Crippen molar-refractivity contribution in [1.82, 2.24) is 4.90 Å². The molecule has 0 aromatic heterocycles. The highest BCUT2D eigenvalue weighted by Gasteiger charge is 2.83. The van der Waals surface area contributed by atoms with Gasteiger partial charge in [-0.1, -0.05) is 33.3 Å². The van der Waals surface area contributed by atoms with Crippen LogP contribution in [-0.2, 0) is 23.9 Å². The molecule has 6 fully saturated rings. The van der Waals surface area contributed by atoms with Crippen molar-refractivity contribution in [3.05, 3.63) is 11.6 Å². The van der Waals surface area contributed by atoms with Crippen LogP contribution in [0.15, 0.2) is 11.6 Å². The van der Waals surface area contributed by atoms with E-state index in [0.29, 0.717) is 12.3 Å². The van der Waals surface area contributed by atoms with Gasteiger partial charge in [0.25, 0.3) is 0 Å². The maximum atomic E-state index is 14.4. The first-order valence-electron chi connectivity index (χ1n) is 14.4. The van der Waals surface area contributed by atoms with E-state index < -0.39 is 45.4 Å². The van der Waals surface area contributed by atoms with Crippen LogP contribution in [0.1, 0.15) is 79.6 Å². The van der Waals surface area contributed by atoms with E-state index in [1.54, 1.807) is 6.08 Å². The van der Waals surface area contributed by atoms with Crippen molar-refractivity contribution in [2.24, 2.45) is 45.8 Å². The minimum Gasteiger partial charge on any atom is -0.443 e. The zero-order chi connectivity index (χ0) is 26.3. The summed E-state index contributed by atoms with van der Waals surface area (Å²) in [5.74, 6) is -1.48. The Morgan fingerprint density at radius 3 is 2.65 bits per heavy atom. The van der Waals surface area contributed by atoms with Gasteiger partial charge >= 0.3 is 5.97 Å². The van der Waals surface area contributed by atoms with E-state index in [9.17, 15) is 19.5 Å². The molecule has 0 radical (unpaired) electrons. The molecule has 0 amide bonds. The number of carbonyl (C=O) groups excluding carboxylic acids is 3. The Bertz CT molecular complexity index is 1150. The molecule has 2 saturated carbocycles. The Labute approximate surface area is 219 Å². The van der Waals surface area contributed by atoms with Gasteiger partial charge in [0.1, 0.15) is 11.5 Å². The Morgan fingerprint density at radius 1 is 1.16 bits per heavy atom. The average Bonchev–Trinajstić information content (AvgIpc) is 3.07. The molecule has 202 valence electrons. The fourth-order valence-corrected chi connectivity index (χ4v) is 11.3. The number of ether oxygens (including phenoxy) is 2. The van der Waals surface area contributed by atoms with Crippen LogP contribution in [-0.4, -0.2) is 58.2 Å². The van der Waals surface area contributed by atoms with Crippen LogP contribution in [0.3, 0.4) is 0 Å². The second-order valence-electron chi connectivity index (χ2n) is 14.6. The molecule has 3 aliphatic carbocycles. The molecule has 4 bridgehead atoms. The largest absolute Gasteiger partial charge is 0.443 e. The van der Waals surface area contributed by atoms with Gasteiger partial charge in [0, 0.05) is 30.2 Å². The van der Waals surface area contributed by atoms with Gasteiger partial charge in [-0.2, -0.15) is 0 Å². The van der Waals surface area contributed by atoms with E-state index in [0.717, 1.165) is 44.2 Å². The van der Waals surface area contributed by atoms with Crippen molar-refractivity contribution in [1.29, 1.82) is 0 Å². The third kappa shape index (κ3) is 2.63. The molecule has 7 aliphatic rings. The first-order chi connectivity index (χ1) is 17.3. The lowest BCUT2D eigenvalue weighted by atomic mass is 9.33. The number of aliphatic hydroxyl groups is 1. The number of nitrogens with zero attached hydrogens (tertiary/aromatic N) is 1. The SMILES string of the molecule is CC1=CC(=O)C2C(CO)C(=O)C3C(C)(CC45OC(=O)CC3(C)C4(C)CCC34CC(C)CC(CN35)O4)C2C1. The maximum absolute atomic E-state index is 14.4. The number of hydrogen-bond acceptors (Lipinski definition) is 7. The van der Waals surface area contributed by atoms with Crippen molar-refractivity contribution in [2.75, 3.05) is 13.2 Å². The van der Waals surface area contributed by atoms with E-state index in [4.69, 9.17) is 9.47 Å². The standard InChI is InChI=1S/C30H41NO6/c1-16-9-20-23(21(33)10-16)19(14-32)24(35)25-26(20,3)15-30-28(5,27(25,4)12-22(34)37-30)6-7-29-11-17(2)8-18(36-29)13-31(29)30/h10,17-20,23,25,32H,6-9,11-15H2,1-5H3. The number of allylic oxidation sites excluding steroid dienone is 2. The average molecular weight is 512 g/mol. The molecule has 7 rings (SSSR count). The topological polar surface area (TPSA) is 93.1 Å². The lowest BCUT2D eigenvalue weighted by Gasteiger charge is -2.76. The summed E-state index contributed by atoms with van der Waals surface area (Å²) in [6.45, 7) is 11.3. The van der Waals surface area contributed by atoms with Crippen molar-refractivity contribution in [3.8, 4) is 0 Å². The predicted molar refractivity (Wildman–Crippen MR) is 134 cm³/mol. The van der Waals surface area contributed by atoms with Crippen LogP contribution in [0, 0.1) is 45.8 Å². The summed E-state index contributed by atoms with van der Waals surface area (Å²) >= 11 is 0. The lowest BCUT2D eigenvalue weighted by Crippen LogP contribution is -2.83. The van der Waals surface area contributed by atoms with Crippen molar-refractivity contribution in [2.45, 2.75) is 97.1 Å². The molecular weight excluding hydrogens is 470 g/mol. The summed E-state index contributed by atoms with van der Waals surface area (Å²) in [5.41, 5.74) is -1.92. The number of rotatable bonds is 1. The number of piperidine rings is 1. The van der Waals surface area contributed by atoms with Gasteiger partial charge in [-0.25, -0.2) is 4.90 Å². The first-order valence-corrected chi connectivity index (χ1v) is 14.4. The molecule has 11 unspecified atom stereocenters. The molecule has 7 nitrogen and oxygen atoms in total. The fraction of sp³-hybridized carbons (Fsp3) is 0.833. The number of fused-ring (bicyclic) bond motifs is 5. The fourth-order valence-electron chi connectivity index (χ4n) is 11.3. The smallest absolute Gasteiger partial charge is 0.308 e. The molecule has 0 aromatic rings. The van der Waals surface area contributed by atoms with Gasteiger partial charge in [0.05, 0.1) is 25.0 Å². The van der Waals surface area contributed by atoms with E-state index in [1.165, 1.54) is 0 Å². The molecule has 4 aliphatic heterocycles. The number of hydrogen-bond donors (Lipinski definition) is 1. The Hall–Kier alpha value is -1.57. The highest BCUT2D eigenvalue weighted by atomic mass is 16.6. The van der Waals surface area contributed by atoms with Crippen LogP contribution >= 0.6 is 0 Å². The van der Waals surface area contributed by atoms with E-state index >= 15 is 0 Å². The normalized spacial score (nSPS) is 56.5. The Kier molecular flexibility index (Phi) is 4.72. The summed E-state index contributed by atoms with van der Waals surface area (Å²) in [4.78, 5) is 43.8. The minimum absolute atomic E-state index is 0.0232. The molecule has 7 heteroatoms. The summed E-state index contributed by atoms with van der Waals surface area (Å²) < 4.78 is 13.4. The third-order valence-corrected chi connectivity index (χ3v) is 12.7. The molecular formula is C30H41NO6. The number of carbonyl (C=O) groups is 3. The van der Waals surface area contributed by atoms with Crippen LogP contribution < -0.4 is 0 Å². The zero-order valence-electron chi connectivity index (χ0n) is 22.8. The first kappa shape index (κ1) is 24.5. The van der Waals surface area contributed by atoms with Gasteiger partial charge < -0.3 is 14.6 Å². The van der Waals surface area contributed by atoms with Crippen molar-refractivity contribution < 1.29 is 29.0 Å². The quantitative estimate of drug-likeness (QED) is 0.538. The van der Waals surface area contributed by atoms with Crippen LogP contribution in [0.2, 0.25) is 0 Å². The van der Waals surface area contributed by atoms with E-state index in [-0.39, 0.29) is 42.6 Å². The lowest BCUT2D eigenvalue weighted by molar-refractivity contribution is -0.380.